The number of rotatable bonds is 3. The number of amides is 1. The van der Waals surface area contributed by atoms with Crippen molar-refractivity contribution >= 4 is 17.2 Å². The Morgan fingerprint density at radius 3 is 2.91 bits per heavy atom. The molecule has 1 aromatic carbocycles. The molecular formula is C16H16N4O2. The van der Waals surface area contributed by atoms with E-state index in [1.54, 1.807) is 0 Å². The van der Waals surface area contributed by atoms with Gasteiger partial charge in [0.1, 0.15) is 5.56 Å². The van der Waals surface area contributed by atoms with Crippen molar-refractivity contribution in [1.82, 2.24) is 14.6 Å². The van der Waals surface area contributed by atoms with Crippen molar-refractivity contribution < 1.29 is 4.79 Å². The van der Waals surface area contributed by atoms with Gasteiger partial charge in [0.05, 0.1) is 0 Å². The molecule has 1 amide bonds. The number of H-pyrrole nitrogens is 1. The predicted octanol–water partition coefficient (Wildman–Crippen LogP) is 2.15. The summed E-state index contributed by atoms with van der Waals surface area (Å²) in [5.74, 6) is -0.301. The maximum atomic E-state index is 12.4. The van der Waals surface area contributed by atoms with Crippen molar-refractivity contribution in [2.24, 2.45) is 0 Å². The molecule has 0 radical (unpaired) electrons. The monoisotopic (exact) mass is 296 g/mol. The maximum absolute atomic E-state index is 12.4. The number of carbonyl (C=O) groups is 1. The first-order chi connectivity index (χ1) is 10.6. The highest BCUT2D eigenvalue weighted by atomic mass is 16.2. The fraction of sp³-hybridized carbons (Fsp3) is 0.188. The van der Waals surface area contributed by atoms with Crippen LogP contribution < -0.4 is 10.9 Å². The topological polar surface area (TPSA) is 79.3 Å². The van der Waals surface area contributed by atoms with E-state index < -0.39 is 0 Å². The molecule has 6 nitrogen and oxygen atoms in total. The zero-order chi connectivity index (χ0) is 15.7. The summed E-state index contributed by atoms with van der Waals surface area (Å²) < 4.78 is 1.27. The first-order valence-corrected chi connectivity index (χ1v) is 7.06. The standard InChI is InChI=1S/C16H16N4O2/c1-3-11-8-14(21)20-15(18-11)13(9-17-20)16(22)19-12-6-4-5-10(2)7-12/h4-9,17H,3H2,1-2H3,(H,19,22). The largest absolute Gasteiger partial charge is 0.322 e. The van der Waals surface area contributed by atoms with Gasteiger partial charge < -0.3 is 5.32 Å². The van der Waals surface area contributed by atoms with E-state index in [0.29, 0.717) is 29.0 Å². The van der Waals surface area contributed by atoms with Crippen LogP contribution in [0, 0.1) is 6.92 Å². The minimum atomic E-state index is -0.301. The van der Waals surface area contributed by atoms with E-state index in [1.807, 2.05) is 38.1 Å². The van der Waals surface area contributed by atoms with Gasteiger partial charge in [-0.05, 0) is 31.0 Å². The number of hydrogen-bond acceptors (Lipinski definition) is 3. The number of nitrogens with zero attached hydrogens (tertiary/aromatic N) is 2. The Bertz CT molecular complexity index is 908. The van der Waals surface area contributed by atoms with Crippen molar-refractivity contribution in [3.05, 3.63) is 63.7 Å². The average Bonchev–Trinajstić information content (AvgIpc) is 2.91. The number of aromatic nitrogens is 3. The van der Waals surface area contributed by atoms with E-state index in [1.165, 1.54) is 16.8 Å². The molecule has 2 heterocycles. The molecule has 0 aliphatic carbocycles. The molecule has 3 aromatic rings. The summed E-state index contributed by atoms with van der Waals surface area (Å²) in [6.07, 6.45) is 2.13. The van der Waals surface area contributed by atoms with E-state index in [2.05, 4.69) is 15.4 Å². The van der Waals surface area contributed by atoms with Crippen molar-refractivity contribution in [3.63, 3.8) is 0 Å². The Labute approximate surface area is 126 Å². The van der Waals surface area contributed by atoms with Crippen LogP contribution in [-0.2, 0) is 6.42 Å². The Kier molecular flexibility index (Phi) is 3.50. The van der Waals surface area contributed by atoms with Crippen LogP contribution in [0.5, 0.6) is 0 Å². The van der Waals surface area contributed by atoms with Crippen molar-refractivity contribution in [2.75, 3.05) is 5.32 Å². The molecule has 0 spiro atoms. The molecule has 2 N–H and O–H groups in total. The third-order valence-corrected chi connectivity index (χ3v) is 3.43. The van der Waals surface area contributed by atoms with E-state index in [-0.39, 0.29) is 11.5 Å². The van der Waals surface area contributed by atoms with E-state index in [0.717, 1.165) is 5.56 Å². The van der Waals surface area contributed by atoms with Crippen LogP contribution in [0.4, 0.5) is 5.69 Å². The lowest BCUT2D eigenvalue weighted by atomic mass is 10.2. The van der Waals surface area contributed by atoms with Crippen molar-refractivity contribution in [3.8, 4) is 0 Å². The fourth-order valence-corrected chi connectivity index (χ4v) is 2.30. The van der Waals surface area contributed by atoms with Crippen LogP contribution >= 0.6 is 0 Å². The van der Waals surface area contributed by atoms with E-state index >= 15 is 0 Å². The van der Waals surface area contributed by atoms with E-state index in [9.17, 15) is 9.59 Å². The third kappa shape index (κ3) is 2.50. The summed E-state index contributed by atoms with van der Waals surface area (Å²) in [5, 5.41) is 5.59. The number of aromatic amines is 1. The number of carbonyl (C=O) groups excluding carboxylic acids is 1. The average molecular weight is 296 g/mol. The summed E-state index contributed by atoms with van der Waals surface area (Å²) in [4.78, 5) is 28.7. The minimum absolute atomic E-state index is 0.226. The van der Waals surface area contributed by atoms with E-state index in [4.69, 9.17) is 0 Å². The van der Waals surface area contributed by atoms with Crippen LogP contribution in [-0.4, -0.2) is 20.5 Å². The third-order valence-electron chi connectivity index (χ3n) is 3.43. The molecule has 0 bridgehead atoms. The molecule has 0 saturated carbocycles. The van der Waals surface area contributed by atoms with Gasteiger partial charge in [-0.3, -0.25) is 14.7 Å². The summed E-state index contributed by atoms with van der Waals surface area (Å²) in [7, 11) is 0. The SMILES string of the molecule is CCc1cc(=O)n2[nH]cc(C(=O)Nc3cccc(C)c3)c2n1. The second kappa shape index (κ2) is 5.48. The lowest BCUT2D eigenvalue weighted by Gasteiger charge is -2.05. The van der Waals surface area contributed by atoms with Gasteiger partial charge in [-0.1, -0.05) is 19.1 Å². The molecule has 22 heavy (non-hydrogen) atoms. The van der Waals surface area contributed by atoms with Crippen LogP contribution in [0.1, 0.15) is 28.5 Å². The molecule has 2 aromatic heterocycles. The molecule has 0 fully saturated rings. The quantitative estimate of drug-likeness (QED) is 0.777. The van der Waals surface area contributed by atoms with Gasteiger partial charge in [0.2, 0.25) is 0 Å². The maximum Gasteiger partial charge on any atom is 0.272 e. The highest BCUT2D eigenvalue weighted by Gasteiger charge is 2.15. The Hall–Kier alpha value is -2.89. The van der Waals surface area contributed by atoms with Crippen molar-refractivity contribution in [1.29, 1.82) is 0 Å². The van der Waals surface area contributed by atoms with Crippen LogP contribution in [0.25, 0.3) is 5.65 Å². The minimum Gasteiger partial charge on any atom is -0.322 e. The Balaban J connectivity index is 2.01. The zero-order valence-corrected chi connectivity index (χ0v) is 12.4. The molecule has 0 atom stereocenters. The van der Waals surface area contributed by atoms with Crippen LogP contribution in [0.3, 0.4) is 0 Å². The number of anilines is 1. The van der Waals surface area contributed by atoms with Gasteiger partial charge >= 0.3 is 0 Å². The lowest BCUT2D eigenvalue weighted by molar-refractivity contribution is 0.102. The molecule has 0 unspecified atom stereocenters. The molecule has 3 rings (SSSR count). The number of aryl methyl sites for hydroxylation is 2. The first-order valence-electron chi connectivity index (χ1n) is 7.06. The Morgan fingerprint density at radius 1 is 1.36 bits per heavy atom. The summed E-state index contributed by atoms with van der Waals surface area (Å²) >= 11 is 0. The zero-order valence-electron chi connectivity index (χ0n) is 12.4. The number of fused-ring (bicyclic) bond motifs is 1. The second-order valence-corrected chi connectivity index (χ2v) is 5.11. The highest BCUT2D eigenvalue weighted by Crippen LogP contribution is 2.13. The van der Waals surface area contributed by atoms with Gasteiger partial charge in [0.15, 0.2) is 5.65 Å². The van der Waals surface area contributed by atoms with Crippen LogP contribution in [0.15, 0.2) is 41.3 Å². The molecular weight excluding hydrogens is 280 g/mol. The number of hydrogen-bond donors (Lipinski definition) is 2. The second-order valence-electron chi connectivity index (χ2n) is 5.11. The predicted molar refractivity (Wildman–Crippen MR) is 84.3 cm³/mol. The number of benzene rings is 1. The van der Waals surface area contributed by atoms with Gasteiger partial charge in [0, 0.05) is 23.6 Å². The van der Waals surface area contributed by atoms with Gasteiger partial charge in [-0.2, -0.15) is 0 Å². The van der Waals surface area contributed by atoms with Crippen molar-refractivity contribution in [2.45, 2.75) is 20.3 Å². The first kappa shape index (κ1) is 14.1. The molecule has 0 aliphatic rings. The smallest absolute Gasteiger partial charge is 0.272 e. The number of nitrogens with one attached hydrogen (secondary N) is 2. The lowest BCUT2D eigenvalue weighted by Crippen LogP contribution is -2.17. The molecule has 6 heteroatoms. The normalized spacial score (nSPS) is 10.8. The van der Waals surface area contributed by atoms with Gasteiger partial charge in [-0.25, -0.2) is 9.50 Å². The van der Waals surface area contributed by atoms with Gasteiger partial charge in [0.25, 0.3) is 11.5 Å². The van der Waals surface area contributed by atoms with Gasteiger partial charge in [-0.15, -0.1) is 0 Å². The molecule has 0 aliphatic heterocycles. The Morgan fingerprint density at radius 2 is 2.18 bits per heavy atom. The fourth-order valence-electron chi connectivity index (χ4n) is 2.30. The molecule has 112 valence electrons. The highest BCUT2D eigenvalue weighted by molar-refractivity contribution is 6.08. The molecule has 0 saturated heterocycles. The summed E-state index contributed by atoms with van der Waals surface area (Å²) in [6, 6.07) is 8.99. The van der Waals surface area contributed by atoms with Crippen LogP contribution in [0.2, 0.25) is 0 Å². The summed E-state index contributed by atoms with van der Waals surface area (Å²) in [5.41, 5.74) is 2.88. The summed E-state index contributed by atoms with van der Waals surface area (Å²) in [6.45, 7) is 3.87.